The Kier molecular flexibility index (Phi) is 2.85. The number of aromatic nitrogens is 1. The third-order valence-corrected chi connectivity index (χ3v) is 3.66. The van der Waals surface area contributed by atoms with Crippen LogP contribution in [0.2, 0.25) is 0 Å². The molecule has 0 radical (unpaired) electrons. The van der Waals surface area contributed by atoms with E-state index in [0.717, 1.165) is 10.9 Å². The molecule has 3 N–H and O–H groups in total. The number of amides is 2. The van der Waals surface area contributed by atoms with E-state index < -0.39 is 0 Å². The summed E-state index contributed by atoms with van der Waals surface area (Å²) in [5.41, 5.74) is 7.71. The molecule has 3 rings (SSSR count). The first-order valence-corrected chi connectivity index (χ1v) is 6.46. The number of H-pyrrole nitrogens is 1. The van der Waals surface area contributed by atoms with Gasteiger partial charge in [0.15, 0.2) is 0 Å². The number of rotatable bonds is 1. The molecule has 0 atom stereocenters. The highest BCUT2D eigenvalue weighted by Gasteiger charge is 2.26. The number of nitrogens with two attached hydrogens (primary N) is 1. The van der Waals surface area contributed by atoms with Gasteiger partial charge in [-0.05, 0) is 12.1 Å². The quantitative estimate of drug-likeness (QED) is 0.748. The van der Waals surface area contributed by atoms with Crippen molar-refractivity contribution in [3.63, 3.8) is 0 Å². The van der Waals surface area contributed by atoms with Gasteiger partial charge in [0, 0.05) is 25.5 Å². The SMILES string of the molecule is CN1CCN(C(=O)c2cc3cccc(N)c3[nH]2)CC1=O. The molecular weight excluding hydrogens is 256 g/mol. The number of fused-ring (bicyclic) bond motifs is 1. The van der Waals surface area contributed by atoms with Crippen LogP contribution in [0, 0.1) is 0 Å². The first-order valence-electron chi connectivity index (χ1n) is 6.46. The Balaban J connectivity index is 1.89. The average Bonchev–Trinajstić information content (AvgIpc) is 2.86. The van der Waals surface area contributed by atoms with Crippen molar-refractivity contribution in [1.29, 1.82) is 0 Å². The summed E-state index contributed by atoms with van der Waals surface area (Å²) < 4.78 is 0. The van der Waals surface area contributed by atoms with Gasteiger partial charge in [0.05, 0.1) is 11.2 Å². The zero-order valence-corrected chi connectivity index (χ0v) is 11.2. The van der Waals surface area contributed by atoms with Crippen LogP contribution >= 0.6 is 0 Å². The summed E-state index contributed by atoms with van der Waals surface area (Å²) in [5.74, 6) is -0.206. The summed E-state index contributed by atoms with van der Waals surface area (Å²) in [6.07, 6.45) is 0. The molecule has 104 valence electrons. The zero-order valence-electron chi connectivity index (χ0n) is 11.2. The lowest BCUT2D eigenvalue weighted by atomic mass is 10.2. The number of piperazine rings is 1. The molecule has 1 aromatic carbocycles. The second-order valence-corrected chi connectivity index (χ2v) is 5.04. The van der Waals surface area contributed by atoms with Crippen LogP contribution in [0.3, 0.4) is 0 Å². The number of benzene rings is 1. The van der Waals surface area contributed by atoms with E-state index in [9.17, 15) is 9.59 Å². The molecular formula is C14H16N4O2. The maximum atomic E-state index is 12.4. The number of hydrogen-bond acceptors (Lipinski definition) is 3. The number of anilines is 1. The van der Waals surface area contributed by atoms with Gasteiger partial charge >= 0.3 is 0 Å². The molecule has 1 saturated heterocycles. The Hall–Kier alpha value is -2.50. The normalized spacial score (nSPS) is 15.9. The maximum Gasteiger partial charge on any atom is 0.270 e. The van der Waals surface area contributed by atoms with Crippen LogP contribution in [0.1, 0.15) is 10.5 Å². The van der Waals surface area contributed by atoms with Crippen LogP contribution in [0.4, 0.5) is 5.69 Å². The number of aromatic amines is 1. The van der Waals surface area contributed by atoms with Gasteiger partial charge in [-0.3, -0.25) is 9.59 Å². The lowest BCUT2D eigenvalue weighted by Gasteiger charge is -2.31. The zero-order chi connectivity index (χ0) is 14.3. The number of carbonyl (C=O) groups excluding carboxylic acids is 2. The monoisotopic (exact) mass is 272 g/mol. The van der Waals surface area contributed by atoms with Crippen molar-refractivity contribution >= 4 is 28.4 Å². The van der Waals surface area contributed by atoms with Crippen LogP contribution in [0.5, 0.6) is 0 Å². The largest absolute Gasteiger partial charge is 0.397 e. The number of likely N-dealkylation sites (N-methyl/N-ethyl adjacent to an activating group) is 1. The highest BCUT2D eigenvalue weighted by Crippen LogP contribution is 2.22. The van der Waals surface area contributed by atoms with E-state index in [1.807, 2.05) is 12.1 Å². The summed E-state index contributed by atoms with van der Waals surface area (Å²) in [5, 5.41) is 0.897. The molecule has 2 amide bonds. The molecule has 20 heavy (non-hydrogen) atoms. The van der Waals surface area contributed by atoms with Gasteiger partial charge in [0.2, 0.25) is 5.91 Å². The lowest BCUT2D eigenvalue weighted by Crippen LogP contribution is -2.50. The van der Waals surface area contributed by atoms with E-state index >= 15 is 0 Å². The van der Waals surface area contributed by atoms with Gasteiger partial charge in [0.1, 0.15) is 12.2 Å². The maximum absolute atomic E-state index is 12.4. The summed E-state index contributed by atoms with van der Waals surface area (Å²) in [6, 6.07) is 7.30. The predicted octanol–water partition coefficient (Wildman–Crippen LogP) is 0.664. The smallest absolute Gasteiger partial charge is 0.270 e. The minimum atomic E-state index is -0.165. The second-order valence-electron chi connectivity index (χ2n) is 5.04. The summed E-state index contributed by atoms with van der Waals surface area (Å²) in [4.78, 5) is 30.3. The van der Waals surface area contributed by atoms with Crippen molar-refractivity contribution in [2.75, 3.05) is 32.4 Å². The van der Waals surface area contributed by atoms with E-state index in [0.29, 0.717) is 24.5 Å². The Labute approximate surface area is 116 Å². The predicted molar refractivity (Wildman–Crippen MR) is 76.3 cm³/mol. The number of nitrogens with one attached hydrogen (secondary N) is 1. The molecule has 0 saturated carbocycles. The first kappa shape index (κ1) is 12.5. The topological polar surface area (TPSA) is 82.4 Å². The molecule has 6 nitrogen and oxygen atoms in total. The molecule has 2 aromatic rings. The molecule has 1 aliphatic rings. The molecule has 6 heteroatoms. The molecule has 1 fully saturated rings. The van der Waals surface area contributed by atoms with Crippen LogP contribution in [0.25, 0.3) is 10.9 Å². The minimum absolute atomic E-state index is 0.0415. The van der Waals surface area contributed by atoms with Gasteiger partial charge in [-0.2, -0.15) is 0 Å². The van der Waals surface area contributed by atoms with Crippen molar-refractivity contribution in [1.82, 2.24) is 14.8 Å². The van der Waals surface area contributed by atoms with Crippen LogP contribution in [-0.4, -0.2) is 53.3 Å². The standard InChI is InChI=1S/C14H16N4O2/c1-17-5-6-18(8-12(17)19)14(20)11-7-9-3-2-4-10(15)13(9)16-11/h2-4,7,16H,5-6,8,15H2,1H3. The highest BCUT2D eigenvalue weighted by molar-refractivity contribution is 6.02. The average molecular weight is 272 g/mol. The van der Waals surface area contributed by atoms with Gasteiger partial charge in [-0.15, -0.1) is 0 Å². The number of para-hydroxylation sites is 1. The molecule has 1 aliphatic heterocycles. The Bertz CT molecular complexity index is 692. The van der Waals surface area contributed by atoms with Crippen molar-refractivity contribution in [2.45, 2.75) is 0 Å². The number of carbonyl (C=O) groups is 2. The molecule has 0 bridgehead atoms. The fraction of sp³-hybridized carbons (Fsp3) is 0.286. The summed E-state index contributed by atoms with van der Waals surface area (Å²) in [7, 11) is 1.74. The fourth-order valence-corrected chi connectivity index (χ4v) is 2.40. The van der Waals surface area contributed by atoms with Gasteiger partial charge in [-0.25, -0.2) is 0 Å². The third-order valence-electron chi connectivity index (χ3n) is 3.66. The summed E-state index contributed by atoms with van der Waals surface area (Å²) >= 11 is 0. The first-order chi connectivity index (χ1) is 9.56. The van der Waals surface area contributed by atoms with Crippen molar-refractivity contribution < 1.29 is 9.59 Å². The molecule has 1 aromatic heterocycles. The Morgan fingerprint density at radius 3 is 2.85 bits per heavy atom. The van der Waals surface area contributed by atoms with E-state index in [2.05, 4.69) is 4.98 Å². The molecule has 0 aliphatic carbocycles. The minimum Gasteiger partial charge on any atom is -0.397 e. The number of nitrogens with zero attached hydrogens (tertiary/aromatic N) is 2. The number of hydrogen-bond donors (Lipinski definition) is 2. The van der Waals surface area contributed by atoms with E-state index in [1.165, 1.54) is 0 Å². The van der Waals surface area contributed by atoms with Crippen LogP contribution < -0.4 is 5.73 Å². The van der Waals surface area contributed by atoms with Gasteiger partial charge in [-0.1, -0.05) is 12.1 Å². The fourth-order valence-electron chi connectivity index (χ4n) is 2.40. The molecule has 0 unspecified atom stereocenters. The van der Waals surface area contributed by atoms with E-state index in [4.69, 9.17) is 5.73 Å². The summed E-state index contributed by atoms with van der Waals surface area (Å²) in [6.45, 7) is 1.24. The Morgan fingerprint density at radius 1 is 1.35 bits per heavy atom. The Morgan fingerprint density at radius 2 is 2.15 bits per heavy atom. The van der Waals surface area contributed by atoms with Crippen LogP contribution in [-0.2, 0) is 4.79 Å². The van der Waals surface area contributed by atoms with Crippen molar-refractivity contribution in [3.8, 4) is 0 Å². The van der Waals surface area contributed by atoms with E-state index in [1.54, 1.807) is 29.0 Å². The van der Waals surface area contributed by atoms with Crippen LogP contribution in [0.15, 0.2) is 24.3 Å². The number of nitrogen functional groups attached to an aromatic ring is 1. The third kappa shape index (κ3) is 1.99. The van der Waals surface area contributed by atoms with Crippen molar-refractivity contribution in [2.24, 2.45) is 0 Å². The molecule has 0 spiro atoms. The van der Waals surface area contributed by atoms with Gasteiger partial charge in [0.25, 0.3) is 5.91 Å². The van der Waals surface area contributed by atoms with Gasteiger partial charge < -0.3 is 20.5 Å². The van der Waals surface area contributed by atoms with E-state index in [-0.39, 0.29) is 18.4 Å². The highest BCUT2D eigenvalue weighted by atomic mass is 16.2. The lowest BCUT2D eigenvalue weighted by molar-refractivity contribution is -0.133. The van der Waals surface area contributed by atoms with Crippen molar-refractivity contribution in [3.05, 3.63) is 30.0 Å². The second kappa shape index (κ2) is 4.56. The molecule has 2 heterocycles.